The van der Waals surface area contributed by atoms with Gasteiger partial charge in [-0.3, -0.25) is 9.51 Å². The summed E-state index contributed by atoms with van der Waals surface area (Å²) in [5, 5.41) is 14.3. The van der Waals surface area contributed by atoms with Crippen LogP contribution in [0.1, 0.15) is 27.0 Å². The molecule has 5 rings (SSSR count). The predicted molar refractivity (Wildman–Crippen MR) is 133 cm³/mol. The van der Waals surface area contributed by atoms with Gasteiger partial charge in [-0.2, -0.15) is 0 Å². The molecule has 0 fully saturated rings. The first-order valence-electron chi connectivity index (χ1n) is 10.6. The Kier molecular flexibility index (Phi) is 5.84. The van der Waals surface area contributed by atoms with Crippen LogP contribution < -0.4 is 5.76 Å². The van der Waals surface area contributed by atoms with Crippen LogP contribution in [0.3, 0.4) is 0 Å². The van der Waals surface area contributed by atoms with E-state index in [1.54, 1.807) is 11.8 Å². The Morgan fingerprint density at radius 1 is 1.18 bits per heavy atom. The van der Waals surface area contributed by atoms with E-state index >= 15 is 0 Å². The van der Waals surface area contributed by atoms with E-state index in [0.29, 0.717) is 22.8 Å². The van der Waals surface area contributed by atoms with Gasteiger partial charge in [-0.1, -0.05) is 66.3 Å². The van der Waals surface area contributed by atoms with Gasteiger partial charge in [0.15, 0.2) is 11.0 Å². The number of fused-ring (bicyclic) bond motifs is 1. The Bertz CT molecular complexity index is 1560. The van der Waals surface area contributed by atoms with Crippen molar-refractivity contribution in [1.29, 1.82) is 0 Å². The van der Waals surface area contributed by atoms with E-state index in [-0.39, 0.29) is 0 Å². The minimum Gasteiger partial charge on any atom is -0.477 e. The minimum atomic E-state index is -0.930. The molecule has 0 aliphatic rings. The number of aromatic amines is 1. The highest BCUT2D eigenvalue weighted by atomic mass is 32.2. The quantitative estimate of drug-likeness (QED) is 0.297. The van der Waals surface area contributed by atoms with Crippen molar-refractivity contribution in [2.45, 2.75) is 25.5 Å². The molecule has 2 aromatic carbocycles. The molecule has 0 unspecified atom stereocenters. The van der Waals surface area contributed by atoms with Crippen molar-refractivity contribution in [1.82, 2.24) is 19.7 Å². The summed E-state index contributed by atoms with van der Waals surface area (Å²) in [6.07, 6.45) is 0. The number of nitrogens with one attached hydrogen (secondary N) is 1. The average molecular weight is 493 g/mol. The van der Waals surface area contributed by atoms with Crippen LogP contribution >= 0.6 is 23.1 Å². The van der Waals surface area contributed by atoms with E-state index in [0.717, 1.165) is 43.6 Å². The molecule has 0 bridgehead atoms. The Labute approximate surface area is 202 Å². The highest BCUT2D eigenvalue weighted by Crippen LogP contribution is 2.35. The Morgan fingerprint density at radius 2 is 1.94 bits per heavy atom. The summed E-state index contributed by atoms with van der Waals surface area (Å²) in [7, 11) is 0. The molecule has 0 aliphatic carbocycles. The lowest BCUT2D eigenvalue weighted by molar-refractivity contribution is 0.0703. The van der Waals surface area contributed by atoms with Crippen LogP contribution in [0.2, 0.25) is 0 Å². The first-order valence-corrected chi connectivity index (χ1v) is 12.4. The lowest BCUT2D eigenvalue weighted by atomic mass is 10.0. The fourth-order valence-electron chi connectivity index (χ4n) is 3.87. The van der Waals surface area contributed by atoms with Crippen LogP contribution in [0.4, 0.5) is 0 Å². The highest BCUT2D eigenvalue weighted by Gasteiger charge is 2.23. The third kappa shape index (κ3) is 4.06. The number of aromatic nitrogens is 4. The first kappa shape index (κ1) is 22.2. The number of aromatic carboxylic acids is 1. The number of thioether (sulfide) groups is 1. The van der Waals surface area contributed by atoms with Gasteiger partial charge in [0.05, 0.1) is 12.1 Å². The summed E-state index contributed by atoms with van der Waals surface area (Å²) >= 11 is 2.88. The standard InChI is InChI=1S/C24H20N4O4S2/c1-3-33-23-25-18-13(2)34-20(22(29)30)19(18)28(23)12-14-7-9-15(10-8-14)16-5-4-6-17(11-16)21-26-24(31)32-27-21/h4-11H,3,12H2,1-2H3,(H,29,30)(H,26,27,31). The van der Waals surface area contributed by atoms with E-state index < -0.39 is 11.7 Å². The fraction of sp³-hybridized carbons (Fsp3) is 0.167. The number of benzene rings is 2. The van der Waals surface area contributed by atoms with Crippen LogP contribution in [0.5, 0.6) is 0 Å². The van der Waals surface area contributed by atoms with Gasteiger partial charge < -0.3 is 9.67 Å². The van der Waals surface area contributed by atoms with E-state index in [9.17, 15) is 14.7 Å². The van der Waals surface area contributed by atoms with Crippen molar-refractivity contribution in [3.05, 3.63) is 74.4 Å². The van der Waals surface area contributed by atoms with Crippen molar-refractivity contribution in [2.24, 2.45) is 0 Å². The van der Waals surface area contributed by atoms with Crippen LogP contribution in [-0.2, 0) is 6.54 Å². The largest absolute Gasteiger partial charge is 0.477 e. The van der Waals surface area contributed by atoms with E-state index in [4.69, 9.17) is 4.98 Å². The number of H-pyrrole nitrogens is 1. The number of carbonyl (C=O) groups is 1. The molecule has 0 atom stereocenters. The van der Waals surface area contributed by atoms with Crippen molar-refractivity contribution < 1.29 is 14.4 Å². The minimum absolute atomic E-state index is 0.322. The SMILES string of the molecule is CCSc1nc2c(C)sc(C(=O)O)c2n1Cc1ccc(-c2cccc(-c3noc(=O)[nH]3)c2)cc1. The monoisotopic (exact) mass is 492 g/mol. The molecule has 0 spiro atoms. The van der Waals surface area contributed by atoms with Gasteiger partial charge in [0.2, 0.25) is 0 Å². The summed E-state index contributed by atoms with van der Waals surface area (Å²) in [5.41, 5.74) is 5.22. The Hall–Kier alpha value is -3.63. The zero-order valence-corrected chi connectivity index (χ0v) is 20.0. The van der Waals surface area contributed by atoms with Crippen molar-refractivity contribution in [3.63, 3.8) is 0 Å². The summed E-state index contributed by atoms with van der Waals surface area (Å²) in [4.78, 5) is 31.7. The normalized spacial score (nSPS) is 11.4. The van der Waals surface area contributed by atoms with Crippen molar-refractivity contribution in [3.8, 4) is 22.5 Å². The Balaban J connectivity index is 1.48. The van der Waals surface area contributed by atoms with Gasteiger partial charge in [0, 0.05) is 10.4 Å². The smallest absolute Gasteiger partial charge is 0.439 e. The van der Waals surface area contributed by atoms with Crippen LogP contribution in [-0.4, -0.2) is 36.5 Å². The summed E-state index contributed by atoms with van der Waals surface area (Å²) < 4.78 is 6.61. The molecule has 5 aromatic rings. The number of rotatable bonds is 7. The molecule has 34 heavy (non-hydrogen) atoms. The number of imidazole rings is 1. The number of carboxylic acid groups (broad SMARTS) is 1. The summed E-state index contributed by atoms with van der Waals surface area (Å²) in [5.74, 6) is -0.294. The number of aryl methyl sites for hydroxylation is 1. The molecular formula is C24H20N4O4S2. The molecule has 0 amide bonds. The second-order valence-electron chi connectivity index (χ2n) is 7.62. The average Bonchev–Trinajstić information content (AvgIpc) is 3.51. The number of carboxylic acids is 1. The lowest BCUT2D eigenvalue weighted by Crippen LogP contribution is -2.04. The second kappa shape index (κ2) is 8.96. The molecule has 10 heteroatoms. The number of hydrogen-bond donors (Lipinski definition) is 2. The van der Waals surface area contributed by atoms with Gasteiger partial charge in [0.25, 0.3) is 0 Å². The first-order chi connectivity index (χ1) is 16.4. The third-order valence-electron chi connectivity index (χ3n) is 5.41. The molecule has 0 saturated carbocycles. The van der Waals surface area contributed by atoms with Crippen molar-refractivity contribution >= 4 is 40.1 Å². The number of nitrogens with zero attached hydrogens (tertiary/aromatic N) is 3. The summed E-state index contributed by atoms with van der Waals surface area (Å²) in [6, 6.07) is 15.8. The highest BCUT2D eigenvalue weighted by molar-refractivity contribution is 7.99. The molecule has 0 aliphatic heterocycles. The molecule has 0 saturated heterocycles. The molecule has 3 heterocycles. The molecular weight excluding hydrogens is 472 g/mol. The Morgan fingerprint density at radius 3 is 2.62 bits per heavy atom. The molecule has 8 nitrogen and oxygen atoms in total. The maximum Gasteiger partial charge on any atom is 0.439 e. The topological polar surface area (TPSA) is 114 Å². The van der Waals surface area contributed by atoms with Crippen molar-refractivity contribution in [2.75, 3.05) is 5.75 Å². The van der Waals surface area contributed by atoms with Gasteiger partial charge in [0.1, 0.15) is 10.4 Å². The van der Waals surface area contributed by atoms with E-state index in [2.05, 4.69) is 21.6 Å². The zero-order valence-electron chi connectivity index (χ0n) is 18.4. The molecule has 172 valence electrons. The fourth-order valence-corrected chi connectivity index (χ4v) is 5.54. The number of thiophene rings is 1. The maximum absolute atomic E-state index is 11.9. The zero-order chi connectivity index (χ0) is 23.8. The molecule has 2 N–H and O–H groups in total. The maximum atomic E-state index is 11.9. The molecule has 0 radical (unpaired) electrons. The van der Waals surface area contributed by atoms with Crippen LogP contribution in [0.15, 0.2) is 63.0 Å². The van der Waals surface area contributed by atoms with E-state index in [1.165, 1.54) is 11.3 Å². The third-order valence-corrected chi connectivity index (χ3v) is 7.34. The number of hydrogen-bond acceptors (Lipinski definition) is 7. The summed E-state index contributed by atoms with van der Waals surface area (Å²) in [6.45, 7) is 4.49. The van der Waals surface area contributed by atoms with Gasteiger partial charge in [-0.15, -0.1) is 11.3 Å². The predicted octanol–water partition coefficient (Wildman–Crippen LogP) is 5.28. The van der Waals surface area contributed by atoms with E-state index in [1.807, 2.05) is 60.0 Å². The van der Waals surface area contributed by atoms with Crippen LogP contribution in [0.25, 0.3) is 33.5 Å². The second-order valence-corrected chi connectivity index (χ2v) is 10.1. The molecule has 3 aromatic heterocycles. The lowest BCUT2D eigenvalue weighted by Gasteiger charge is -2.10. The van der Waals surface area contributed by atoms with Gasteiger partial charge >= 0.3 is 11.7 Å². The van der Waals surface area contributed by atoms with Gasteiger partial charge in [-0.25, -0.2) is 14.6 Å². The van der Waals surface area contributed by atoms with Crippen LogP contribution in [0, 0.1) is 6.92 Å². The van der Waals surface area contributed by atoms with Gasteiger partial charge in [-0.05, 0) is 35.4 Å².